The summed E-state index contributed by atoms with van der Waals surface area (Å²) in [6.45, 7) is 36.0. The Hall–Kier alpha value is -3.12. The van der Waals surface area contributed by atoms with E-state index in [1.54, 1.807) is 6.08 Å². The molecule has 0 spiro atoms. The van der Waals surface area contributed by atoms with Gasteiger partial charge in [0.2, 0.25) is 0 Å². The lowest BCUT2D eigenvalue weighted by molar-refractivity contribution is 0.957. The van der Waals surface area contributed by atoms with E-state index in [-0.39, 0.29) is 0 Å². The van der Waals surface area contributed by atoms with Crippen LogP contribution in [0.4, 0.5) is 0 Å². The van der Waals surface area contributed by atoms with Gasteiger partial charge in [-0.15, -0.1) is 13.2 Å². The number of rotatable bonds is 8. The van der Waals surface area contributed by atoms with Crippen molar-refractivity contribution in [3.8, 4) is 0 Å². The number of aryl methyl sites for hydroxylation is 2. The standard InChI is InChI=1S/C14H16.C11H14.C6H12.2C2H6.C2H4/c1-4-5-7-12(2)10-14-9-6-8-13(3)11-14;1-4-10-6-5-7-11(8-10)9(2)3;1-3-5-6-4-2;3*1-2/h4-9,11H,1-2,10H2,3H3;5-8H,2,4H2,1,3H3;3,5H,4,6H2,1-2H3;2*1-2H3;1-2H2/b7-5-;;5-3-;;;. The van der Waals surface area contributed by atoms with Crippen LogP contribution in [0.15, 0.2) is 117 Å². The van der Waals surface area contributed by atoms with Crippen LogP contribution in [0.5, 0.6) is 0 Å². The van der Waals surface area contributed by atoms with E-state index in [2.05, 4.69) is 121 Å². The van der Waals surface area contributed by atoms with E-state index in [9.17, 15) is 0 Å². The summed E-state index contributed by atoms with van der Waals surface area (Å²) in [4.78, 5) is 0. The van der Waals surface area contributed by atoms with Crippen LogP contribution in [0, 0.1) is 6.92 Å². The van der Waals surface area contributed by atoms with Crippen LogP contribution in [0.25, 0.3) is 5.57 Å². The number of hydrogen-bond donors (Lipinski definition) is 0. The van der Waals surface area contributed by atoms with Crippen LogP contribution < -0.4 is 0 Å². The van der Waals surface area contributed by atoms with Crippen LogP contribution in [-0.4, -0.2) is 0 Å². The fraction of sp³-hybridized carbons (Fsp3) is 0.351. The van der Waals surface area contributed by atoms with Gasteiger partial charge < -0.3 is 0 Å². The van der Waals surface area contributed by atoms with Crippen LogP contribution >= 0.6 is 0 Å². The molecule has 0 N–H and O–H groups in total. The minimum Gasteiger partial charge on any atom is -0.106 e. The van der Waals surface area contributed by atoms with Crippen molar-refractivity contribution < 1.29 is 0 Å². The molecule has 0 aliphatic heterocycles. The van der Waals surface area contributed by atoms with Crippen LogP contribution in [0.1, 0.15) is 90.5 Å². The van der Waals surface area contributed by atoms with E-state index in [4.69, 9.17) is 0 Å². The maximum atomic E-state index is 3.98. The van der Waals surface area contributed by atoms with Gasteiger partial charge in [0.25, 0.3) is 0 Å². The smallest absolute Gasteiger partial charge is 0.00315 e. The molecule has 0 aliphatic rings. The summed E-state index contributed by atoms with van der Waals surface area (Å²) in [6.07, 6.45) is 14.5. The largest absolute Gasteiger partial charge is 0.106 e. The third-order valence-corrected chi connectivity index (χ3v) is 4.50. The zero-order chi connectivity index (χ0) is 29.5. The highest BCUT2D eigenvalue weighted by molar-refractivity contribution is 5.61. The number of allylic oxidation sites excluding steroid dienone is 7. The minimum atomic E-state index is 0.909. The average molecular weight is 503 g/mol. The van der Waals surface area contributed by atoms with Crippen LogP contribution in [0.3, 0.4) is 0 Å². The Labute approximate surface area is 233 Å². The maximum Gasteiger partial charge on any atom is -0.00315 e. The topological polar surface area (TPSA) is 0 Å². The van der Waals surface area contributed by atoms with Crippen molar-refractivity contribution in [2.45, 2.75) is 88.0 Å². The molecule has 37 heavy (non-hydrogen) atoms. The molecule has 0 fully saturated rings. The zero-order valence-corrected chi connectivity index (χ0v) is 25.9. The fourth-order valence-electron chi connectivity index (χ4n) is 2.74. The highest BCUT2D eigenvalue weighted by Crippen LogP contribution is 2.13. The molecular formula is C37H58. The molecule has 2 aromatic rings. The first kappa shape index (κ1) is 41.0. The second-order valence-electron chi connectivity index (χ2n) is 7.61. The summed E-state index contributed by atoms with van der Waals surface area (Å²) < 4.78 is 0. The fourth-order valence-corrected chi connectivity index (χ4v) is 2.74. The quantitative estimate of drug-likeness (QED) is 0.249. The molecule has 0 unspecified atom stereocenters. The predicted octanol–water partition coefficient (Wildman–Crippen LogP) is 12.3. The molecule has 2 aromatic carbocycles. The molecule has 0 amide bonds. The molecule has 0 aromatic heterocycles. The monoisotopic (exact) mass is 502 g/mol. The first-order valence-corrected chi connectivity index (χ1v) is 13.8. The molecule has 0 heterocycles. The summed E-state index contributed by atoms with van der Waals surface area (Å²) in [5, 5.41) is 0. The maximum absolute atomic E-state index is 3.98. The van der Waals surface area contributed by atoms with E-state index >= 15 is 0 Å². The van der Waals surface area contributed by atoms with Crippen LogP contribution in [0.2, 0.25) is 0 Å². The predicted molar refractivity (Wildman–Crippen MR) is 178 cm³/mol. The Morgan fingerprint density at radius 2 is 1.43 bits per heavy atom. The Bertz CT molecular complexity index is 861. The lowest BCUT2D eigenvalue weighted by atomic mass is 10.0. The molecule has 0 nitrogen and oxygen atoms in total. The van der Waals surface area contributed by atoms with Gasteiger partial charge in [-0.2, -0.15) is 0 Å². The first-order valence-electron chi connectivity index (χ1n) is 13.8. The highest BCUT2D eigenvalue weighted by Gasteiger charge is 1.94. The van der Waals surface area contributed by atoms with Gasteiger partial charge in [0.15, 0.2) is 0 Å². The molecule has 2 rings (SSSR count). The lowest BCUT2D eigenvalue weighted by Crippen LogP contribution is -1.86. The Morgan fingerprint density at radius 3 is 1.86 bits per heavy atom. The molecule has 206 valence electrons. The second kappa shape index (κ2) is 32.9. The number of hydrogen-bond acceptors (Lipinski definition) is 0. The van der Waals surface area contributed by atoms with Crippen molar-refractivity contribution >= 4 is 5.57 Å². The molecule has 0 bridgehead atoms. The Kier molecular flexibility index (Phi) is 36.5. The molecule has 0 atom stereocenters. The normalized spacial score (nSPS) is 8.89. The van der Waals surface area contributed by atoms with E-state index < -0.39 is 0 Å². The summed E-state index contributed by atoms with van der Waals surface area (Å²) >= 11 is 0. The minimum absolute atomic E-state index is 0.909. The summed E-state index contributed by atoms with van der Waals surface area (Å²) in [5.74, 6) is 0. The first-order chi connectivity index (χ1) is 17.9. The van der Waals surface area contributed by atoms with Crippen molar-refractivity contribution in [1.82, 2.24) is 0 Å². The van der Waals surface area contributed by atoms with E-state index in [1.165, 1.54) is 35.1 Å². The number of benzene rings is 2. The Balaban J connectivity index is -0.000000211. The van der Waals surface area contributed by atoms with E-state index in [0.29, 0.717) is 0 Å². The van der Waals surface area contributed by atoms with Gasteiger partial charge in [-0.25, -0.2) is 0 Å². The van der Waals surface area contributed by atoms with Crippen molar-refractivity contribution in [3.63, 3.8) is 0 Å². The SMILES string of the molecule is C/C=C\CCC.C=C.C=C(C)c1cccc(CC)c1.C=C/C=C\C(=C)Cc1cccc(C)c1.CC.CC. The van der Waals surface area contributed by atoms with E-state index in [1.807, 2.05) is 46.8 Å². The molecule has 0 aliphatic carbocycles. The summed E-state index contributed by atoms with van der Waals surface area (Å²) in [6, 6.07) is 17.0. The second-order valence-corrected chi connectivity index (χ2v) is 7.61. The van der Waals surface area contributed by atoms with Crippen molar-refractivity contribution in [1.29, 1.82) is 0 Å². The lowest BCUT2D eigenvalue weighted by Gasteiger charge is -2.01. The van der Waals surface area contributed by atoms with Gasteiger partial charge in [0.1, 0.15) is 0 Å². The van der Waals surface area contributed by atoms with Gasteiger partial charge in [0.05, 0.1) is 0 Å². The summed E-state index contributed by atoms with van der Waals surface area (Å²) in [5.41, 5.74) is 7.48. The van der Waals surface area contributed by atoms with Gasteiger partial charge in [0, 0.05) is 0 Å². The van der Waals surface area contributed by atoms with Crippen molar-refractivity contribution in [3.05, 3.63) is 140 Å². The zero-order valence-electron chi connectivity index (χ0n) is 25.9. The third kappa shape index (κ3) is 27.3. The highest BCUT2D eigenvalue weighted by atomic mass is 14.0. The molecule has 0 saturated carbocycles. The molecule has 0 radical (unpaired) electrons. The molecule has 0 saturated heterocycles. The van der Waals surface area contributed by atoms with Gasteiger partial charge >= 0.3 is 0 Å². The van der Waals surface area contributed by atoms with Gasteiger partial charge in [-0.3, -0.25) is 0 Å². The summed E-state index contributed by atoms with van der Waals surface area (Å²) in [7, 11) is 0. The van der Waals surface area contributed by atoms with Crippen molar-refractivity contribution in [2.75, 3.05) is 0 Å². The average Bonchev–Trinajstić information content (AvgIpc) is 2.94. The van der Waals surface area contributed by atoms with Crippen molar-refractivity contribution in [2.24, 2.45) is 0 Å². The van der Waals surface area contributed by atoms with E-state index in [0.717, 1.165) is 24.0 Å². The molecular weight excluding hydrogens is 444 g/mol. The Morgan fingerprint density at radius 1 is 0.865 bits per heavy atom. The van der Waals surface area contributed by atoms with Crippen LogP contribution in [-0.2, 0) is 12.8 Å². The van der Waals surface area contributed by atoms with Gasteiger partial charge in [-0.1, -0.05) is 163 Å². The number of unbranched alkanes of at least 4 members (excludes halogenated alkanes) is 1. The molecule has 0 heteroatoms. The third-order valence-electron chi connectivity index (χ3n) is 4.50. The van der Waals surface area contributed by atoms with Gasteiger partial charge in [-0.05, 0) is 56.7 Å².